The van der Waals surface area contributed by atoms with Gasteiger partial charge in [-0.1, -0.05) is 0 Å². The molecule has 3 rings (SSSR count). The topological polar surface area (TPSA) is 60.7 Å². The summed E-state index contributed by atoms with van der Waals surface area (Å²) in [6, 6.07) is 5.72. The normalized spacial score (nSPS) is 27.9. The van der Waals surface area contributed by atoms with E-state index in [2.05, 4.69) is 6.07 Å². The van der Waals surface area contributed by atoms with Crippen LogP contribution in [0.1, 0.15) is 11.1 Å². The molecule has 2 atom stereocenters. The first kappa shape index (κ1) is 12.3. The molecule has 0 radical (unpaired) electrons. The Morgan fingerprint density at radius 2 is 2.26 bits per heavy atom. The van der Waals surface area contributed by atoms with Gasteiger partial charge in [0, 0.05) is 19.1 Å². The molecule has 2 heterocycles. The van der Waals surface area contributed by atoms with Crippen LogP contribution in [-0.4, -0.2) is 39.1 Å². The third kappa shape index (κ3) is 1.68. The van der Waals surface area contributed by atoms with Crippen molar-refractivity contribution in [1.82, 2.24) is 0 Å². The molecular formula is C14H15NO4. The molecule has 2 aliphatic rings. The third-order valence-electron chi connectivity index (χ3n) is 3.83. The van der Waals surface area contributed by atoms with Crippen LogP contribution in [0.4, 0.5) is 0 Å². The molecule has 1 fully saturated rings. The second-order valence-electron chi connectivity index (χ2n) is 4.82. The lowest BCUT2D eigenvalue weighted by Crippen LogP contribution is -2.46. The lowest BCUT2D eigenvalue weighted by molar-refractivity contribution is -0.0296. The first-order valence-electron chi connectivity index (χ1n) is 6.13. The van der Waals surface area contributed by atoms with E-state index in [1.54, 1.807) is 26.4 Å². The van der Waals surface area contributed by atoms with Crippen LogP contribution in [0.5, 0.6) is 11.5 Å². The van der Waals surface area contributed by atoms with Gasteiger partial charge in [-0.25, -0.2) is 0 Å². The van der Waals surface area contributed by atoms with E-state index in [4.69, 9.17) is 18.9 Å². The maximum Gasteiger partial charge on any atom is 0.166 e. The molecule has 1 saturated heterocycles. The minimum absolute atomic E-state index is 0.129. The lowest BCUT2D eigenvalue weighted by atomic mass is 9.92. The van der Waals surface area contributed by atoms with E-state index in [-0.39, 0.29) is 6.10 Å². The Kier molecular flexibility index (Phi) is 2.85. The Morgan fingerprint density at radius 1 is 1.42 bits per heavy atom. The molecule has 5 nitrogen and oxygen atoms in total. The molecule has 5 heteroatoms. The lowest BCUT2D eigenvalue weighted by Gasteiger charge is -2.27. The highest BCUT2D eigenvalue weighted by Crippen LogP contribution is 2.46. The number of nitriles is 1. The minimum Gasteiger partial charge on any atom is -0.493 e. The van der Waals surface area contributed by atoms with E-state index in [0.29, 0.717) is 36.7 Å². The fourth-order valence-electron chi connectivity index (χ4n) is 2.82. The van der Waals surface area contributed by atoms with E-state index in [1.165, 1.54) is 0 Å². The van der Waals surface area contributed by atoms with E-state index in [1.807, 2.05) is 0 Å². The van der Waals surface area contributed by atoms with Crippen LogP contribution in [0.15, 0.2) is 12.1 Å². The van der Waals surface area contributed by atoms with Crippen LogP contribution in [-0.2, 0) is 15.9 Å². The van der Waals surface area contributed by atoms with E-state index in [0.717, 1.165) is 5.56 Å². The zero-order valence-corrected chi connectivity index (χ0v) is 10.9. The summed E-state index contributed by atoms with van der Waals surface area (Å²) in [5.41, 5.74) is 0.973. The molecule has 19 heavy (non-hydrogen) atoms. The van der Waals surface area contributed by atoms with Gasteiger partial charge in [0.15, 0.2) is 17.1 Å². The number of fused-ring (bicyclic) bond motifs is 1. The quantitative estimate of drug-likeness (QED) is 0.802. The van der Waals surface area contributed by atoms with E-state index >= 15 is 0 Å². The van der Waals surface area contributed by atoms with E-state index in [9.17, 15) is 5.26 Å². The van der Waals surface area contributed by atoms with Gasteiger partial charge in [0.1, 0.15) is 6.10 Å². The third-order valence-corrected chi connectivity index (χ3v) is 3.83. The van der Waals surface area contributed by atoms with Crippen LogP contribution >= 0.6 is 0 Å². The Hall–Kier alpha value is -1.77. The molecule has 0 aliphatic carbocycles. The zero-order valence-electron chi connectivity index (χ0n) is 10.9. The van der Waals surface area contributed by atoms with E-state index < -0.39 is 5.60 Å². The van der Waals surface area contributed by atoms with Gasteiger partial charge in [-0.05, 0) is 12.1 Å². The molecule has 0 aromatic heterocycles. The van der Waals surface area contributed by atoms with Crippen molar-refractivity contribution in [1.29, 1.82) is 5.26 Å². The molecule has 0 N–H and O–H groups in total. The number of benzene rings is 1. The molecule has 2 unspecified atom stereocenters. The minimum atomic E-state index is -0.530. The highest BCUT2D eigenvalue weighted by atomic mass is 16.6. The van der Waals surface area contributed by atoms with Crippen molar-refractivity contribution in [3.63, 3.8) is 0 Å². The summed E-state index contributed by atoms with van der Waals surface area (Å²) in [5, 5.41) is 9.21. The molecule has 0 bridgehead atoms. The molecule has 100 valence electrons. The second kappa shape index (κ2) is 4.41. The van der Waals surface area contributed by atoms with Gasteiger partial charge in [-0.15, -0.1) is 0 Å². The molecule has 0 amide bonds. The number of hydrogen-bond acceptors (Lipinski definition) is 5. The molecule has 1 aromatic rings. The average molecular weight is 261 g/mol. The predicted octanol–water partition coefficient (Wildman–Crippen LogP) is 1.29. The van der Waals surface area contributed by atoms with Crippen molar-refractivity contribution in [2.75, 3.05) is 27.4 Å². The monoisotopic (exact) mass is 261 g/mol. The van der Waals surface area contributed by atoms with Crippen LogP contribution in [0, 0.1) is 11.3 Å². The fraction of sp³-hybridized carbons (Fsp3) is 0.500. The largest absolute Gasteiger partial charge is 0.493 e. The highest BCUT2D eigenvalue weighted by Gasteiger charge is 2.52. The summed E-state index contributed by atoms with van der Waals surface area (Å²) in [5.74, 6) is 1.29. The van der Waals surface area contributed by atoms with Crippen molar-refractivity contribution < 1.29 is 18.9 Å². The van der Waals surface area contributed by atoms with Gasteiger partial charge in [-0.3, -0.25) is 0 Å². The van der Waals surface area contributed by atoms with Crippen molar-refractivity contribution in [2.45, 2.75) is 18.1 Å². The van der Waals surface area contributed by atoms with Crippen LogP contribution < -0.4 is 9.47 Å². The molecule has 1 spiro atoms. The smallest absolute Gasteiger partial charge is 0.166 e. The van der Waals surface area contributed by atoms with Gasteiger partial charge >= 0.3 is 0 Å². The van der Waals surface area contributed by atoms with Gasteiger partial charge in [0.2, 0.25) is 0 Å². The van der Waals surface area contributed by atoms with Gasteiger partial charge in [-0.2, -0.15) is 5.26 Å². The zero-order chi connectivity index (χ0) is 13.5. The van der Waals surface area contributed by atoms with Crippen molar-refractivity contribution in [2.24, 2.45) is 0 Å². The number of ether oxygens (including phenoxy) is 4. The summed E-state index contributed by atoms with van der Waals surface area (Å²) >= 11 is 0. The summed E-state index contributed by atoms with van der Waals surface area (Å²) in [6.45, 7) is 0.975. The van der Waals surface area contributed by atoms with Gasteiger partial charge < -0.3 is 18.9 Å². The Morgan fingerprint density at radius 3 is 2.95 bits per heavy atom. The van der Waals surface area contributed by atoms with Crippen LogP contribution in [0.25, 0.3) is 0 Å². The van der Waals surface area contributed by atoms with Crippen LogP contribution in [0.2, 0.25) is 0 Å². The molecule has 1 aromatic carbocycles. The van der Waals surface area contributed by atoms with Crippen LogP contribution in [0.3, 0.4) is 0 Å². The average Bonchev–Trinajstić information content (AvgIpc) is 3.01. The maximum atomic E-state index is 9.21. The van der Waals surface area contributed by atoms with Gasteiger partial charge in [0.25, 0.3) is 0 Å². The first-order valence-corrected chi connectivity index (χ1v) is 6.13. The number of nitrogens with zero attached hydrogens (tertiary/aromatic N) is 1. The summed E-state index contributed by atoms with van der Waals surface area (Å²) in [6.07, 6.45) is 0.483. The second-order valence-corrected chi connectivity index (χ2v) is 4.82. The number of methoxy groups -OCH3 is 2. The maximum absolute atomic E-state index is 9.21. The summed E-state index contributed by atoms with van der Waals surface area (Å²) in [7, 11) is 3.24. The Bertz CT molecular complexity index is 551. The number of hydrogen-bond donors (Lipinski definition) is 0. The standard InChI is InChI=1S/C14H15NO4/c1-16-11-4-3-9(6-15)10-5-14(19-13(10)11)8-18-7-12(14)17-2/h3-4,12H,5,7-8H2,1-2H3. The Balaban J connectivity index is 2.06. The molecule has 2 aliphatic heterocycles. The molecular weight excluding hydrogens is 246 g/mol. The first-order chi connectivity index (χ1) is 9.24. The fourth-order valence-corrected chi connectivity index (χ4v) is 2.82. The summed E-state index contributed by atoms with van der Waals surface area (Å²) < 4.78 is 22.4. The number of rotatable bonds is 2. The van der Waals surface area contributed by atoms with Crippen molar-refractivity contribution in [3.05, 3.63) is 23.3 Å². The summed E-state index contributed by atoms with van der Waals surface area (Å²) in [4.78, 5) is 0. The van der Waals surface area contributed by atoms with Crippen molar-refractivity contribution >= 4 is 0 Å². The SMILES string of the molecule is COc1ccc(C#N)c2c1OC1(COCC1OC)C2. The molecule has 0 saturated carbocycles. The highest BCUT2D eigenvalue weighted by molar-refractivity contribution is 5.58. The van der Waals surface area contributed by atoms with Gasteiger partial charge in [0.05, 0.1) is 32.0 Å². The predicted molar refractivity (Wildman–Crippen MR) is 66.4 cm³/mol. The Labute approximate surface area is 111 Å². The van der Waals surface area contributed by atoms with Crippen molar-refractivity contribution in [3.8, 4) is 17.6 Å².